The summed E-state index contributed by atoms with van der Waals surface area (Å²) in [6, 6.07) is 0. The number of hydrogen-bond acceptors (Lipinski definition) is 1. The van der Waals surface area contributed by atoms with Crippen LogP contribution in [0.4, 0.5) is 0 Å². The van der Waals surface area contributed by atoms with Gasteiger partial charge in [-0.15, -0.1) is 0 Å². The molecule has 1 fully saturated rings. The Morgan fingerprint density at radius 2 is 2.00 bits per heavy atom. The predicted molar refractivity (Wildman–Crippen MR) is 45.5 cm³/mol. The second-order valence-corrected chi connectivity index (χ2v) is 3.49. The van der Waals surface area contributed by atoms with Gasteiger partial charge in [-0.25, -0.2) is 0 Å². The van der Waals surface area contributed by atoms with Gasteiger partial charge in [-0.3, -0.25) is 4.99 Å². The maximum Gasteiger partial charge on any atom is 0.0276 e. The van der Waals surface area contributed by atoms with Gasteiger partial charge >= 0.3 is 0 Å². The summed E-state index contributed by atoms with van der Waals surface area (Å²) < 4.78 is 0. The van der Waals surface area contributed by atoms with Gasteiger partial charge in [0.15, 0.2) is 0 Å². The minimum absolute atomic E-state index is 0.854. The van der Waals surface area contributed by atoms with E-state index in [4.69, 9.17) is 0 Å². The highest BCUT2D eigenvalue weighted by molar-refractivity contribution is 5.85. The lowest BCUT2D eigenvalue weighted by Gasteiger charge is -2.26. The Balaban J connectivity index is 2.48. The normalized spacial score (nSPS) is 38.5. The first-order chi connectivity index (χ1) is 4.74. The molecule has 0 radical (unpaired) electrons. The average molecular weight is 139 g/mol. The molecule has 0 bridgehead atoms. The summed E-state index contributed by atoms with van der Waals surface area (Å²) in [5.41, 5.74) is 1.42. The summed E-state index contributed by atoms with van der Waals surface area (Å²) in [6.07, 6.45) is 3.81. The van der Waals surface area contributed by atoms with Crippen LogP contribution in [0.15, 0.2) is 4.99 Å². The Hall–Kier alpha value is -0.330. The molecule has 0 spiro atoms. The second-order valence-electron chi connectivity index (χ2n) is 3.49. The summed E-state index contributed by atoms with van der Waals surface area (Å²) in [7, 11) is 1.91. The highest BCUT2D eigenvalue weighted by Gasteiger charge is 2.20. The van der Waals surface area contributed by atoms with E-state index in [-0.39, 0.29) is 0 Å². The summed E-state index contributed by atoms with van der Waals surface area (Å²) in [5, 5.41) is 0. The van der Waals surface area contributed by atoms with E-state index >= 15 is 0 Å². The van der Waals surface area contributed by atoms with Crippen molar-refractivity contribution >= 4 is 5.71 Å². The fourth-order valence-corrected chi connectivity index (χ4v) is 1.56. The van der Waals surface area contributed by atoms with E-state index in [1.54, 1.807) is 0 Å². The highest BCUT2D eigenvalue weighted by atomic mass is 14.7. The van der Waals surface area contributed by atoms with Crippen molar-refractivity contribution in [2.24, 2.45) is 16.8 Å². The van der Waals surface area contributed by atoms with Crippen LogP contribution in [0, 0.1) is 11.8 Å². The van der Waals surface area contributed by atoms with Gasteiger partial charge in [0.25, 0.3) is 0 Å². The Morgan fingerprint density at radius 3 is 2.50 bits per heavy atom. The van der Waals surface area contributed by atoms with E-state index < -0.39 is 0 Å². The maximum atomic E-state index is 4.25. The lowest BCUT2D eigenvalue weighted by Crippen LogP contribution is -2.20. The number of aliphatic imine (C=N–C) groups is 1. The predicted octanol–water partition coefficient (Wildman–Crippen LogP) is 2.51. The van der Waals surface area contributed by atoms with E-state index in [1.807, 2.05) is 7.05 Å². The molecule has 0 N–H and O–H groups in total. The topological polar surface area (TPSA) is 12.4 Å². The molecule has 0 aromatic heterocycles. The molecule has 1 aliphatic carbocycles. The van der Waals surface area contributed by atoms with Crippen LogP contribution in [0.5, 0.6) is 0 Å². The van der Waals surface area contributed by atoms with Crippen molar-refractivity contribution in [2.75, 3.05) is 7.05 Å². The Labute approximate surface area is 63.5 Å². The standard InChI is InChI=1S/C9H17N/c1-7-4-5-9(10-3)6-8(7)2/h7-8H,4-6H2,1-3H3/t7?,8-/m1/s1. The van der Waals surface area contributed by atoms with Gasteiger partial charge in [0.05, 0.1) is 0 Å². The number of rotatable bonds is 0. The molecule has 1 rings (SSSR count). The van der Waals surface area contributed by atoms with Gasteiger partial charge in [0.1, 0.15) is 0 Å². The first-order valence-corrected chi connectivity index (χ1v) is 4.18. The smallest absolute Gasteiger partial charge is 0.0276 e. The quantitative estimate of drug-likeness (QED) is 0.489. The molecule has 0 heterocycles. The molecule has 1 unspecified atom stereocenters. The van der Waals surface area contributed by atoms with Crippen LogP contribution in [0.25, 0.3) is 0 Å². The zero-order valence-corrected chi connectivity index (χ0v) is 7.22. The molecule has 58 valence electrons. The molecular formula is C9H17N. The Bertz CT molecular complexity index is 138. The minimum Gasteiger partial charge on any atom is -0.297 e. The van der Waals surface area contributed by atoms with Crippen LogP contribution in [0.3, 0.4) is 0 Å². The van der Waals surface area contributed by atoms with Crippen LogP contribution in [0.2, 0.25) is 0 Å². The minimum atomic E-state index is 0.854. The van der Waals surface area contributed by atoms with E-state index in [2.05, 4.69) is 18.8 Å². The molecular weight excluding hydrogens is 122 g/mol. The van der Waals surface area contributed by atoms with Crippen molar-refractivity contribution in [3.05, 3.63) is 0 Å². The summed E-state index contributed by atoms with van der Waals surface area (Å²) in [6.45, 7) is 4.67. The average Bonchev–Trinajstić information content (AvgIpc) is 1.95. The number of nitrogens with zero attached hydrogens (tertiary/aromatic N) is 1. The molecule has 1 aliphatic rings. The maximum absolute atomic E-state index is 4.25. The molecule has 0 aromatic carbocycles. The van der Waals surface area contributed by atoms with Crippen molar-refractivity contribution in [1.82, 2.24) is 0 Å². The highest BCUT2D eigenvalue weighted by Crippen LogP contribution is 2.27. The zero-order chi connectivity index (χ0) is 7.56. The van der Waals surface area contributed by atoms with Gasteiger partial charge in [-0.1, -0.05) is 13.8 Å². The van der Waals surface area contributed by atoms with Crippen LogP contribution in [-0.2, 0) is 0 Å². The summed E-state index contributed by atoms with van der Waals surface area (Å²) in [5.74, 6) is 1.76. The second kappa shape index (κ2) is 3.18. The molecule has 10 heavy (non-hydrogen) atoms. The third-order valence-corrected chi connectivity index (χ3v) is 2.73. The van der Waals surface area contributed by atoms with E-state index in [1.165, 1.54) is 25.0 Å². The van der Waals surface area contributed by atoms with E-state index in [0.717, 1.165) is 11.8 Å². The third kappa shape index (κ3) is 1.59. The van der Waals surface area contributed by atoms with Gasteiger partial charge in [-0.2, -0.15) is 0 Å². The molecule has 0 aliphatic heterocycles. The molecule has 0 saturated heterocycles. The molecule has 2 atom stereocenters. The Morgan fingerprint density at radius 1 is 1.30 bits per heavy atom. The van der Waals surface area contributed by atoms with Gasteiger partial charge < -0.3 is 0 Å². The van der Waals surface area contributed by atoms with Gasteiger partial charge in [0.2, 0.25) is 0 Å². The first kappa shape index (κ1) is 7.77. The van der Waals surface area contributed by atoms with Crippen molar-refractivity contribution in [3.8, 4) is 0 Å². The SMILES string of the molecule is CN=C1CCC(C)[C@H](C)C1. The van der Waals surface area contributed by atoms with Crippen molar-refractivity contribution < 1.29 is 0 Å². The molecule has 1 saturated carbocycles. The fraction of sp³-hybridized carbons (Fsp3) is 0.889. The molecule has 0 amide bonds. The van der Waals surface area contributed by atoms with Gasteiger partial charge in [0, 0.05) is 12.8 Å². The largest absolute Gasteiger partial charge is 0.297 e. The van der Waals surface area contributed by atoms with Crippen molar-refractivity contribution in [1.29, 1.82) is 0 Å². The molecule has 0 aromatic rings. The summed E-state index contributed by atoms with van der Waals surface area (Å²) >= 11 is 0. The zero-order valence-electron chi connectivity index (χ0n) is 7.22. The lowest BCUT2D eigenvalue weighted by molar-refractivity contribution is 0.355. The molecule has 1 heteroatoms. The summed E-state index contributed by atoms with van der Waals surface area (Å²) in [4.78, 5) is 4.25. The fourth-order valence-electron chi connectivity index (χ4n) is 1.56. The Kier molecular flexibility index (Phi) is 2.47. The van der Waals surface area contributed by atoms with Crippen LogP contribution in [0.1, 0.15) is 33.1 Å². The third-order valence-electron chi connectivity index (χ3n) is 2.73. The lowest BCUT2D eigenvalue weighted by atomic mass is 9.81. The van der Waals surface area contributed by atoms with E-state index in [9.17, 15) is 0 Å². The molecule has 1 nitrogen and oxygen atoms in total. The van der Waals surface area contributed by atoms with Crippen molar-refractivity contribution in [3.63, 3.8) is 0 Å². The van der Waals surface area contributed by atoms with Crippen LogP contribution >= 0.6 is 0 Å². The van der Waals surface area contributed by atoms with Crippen molar-refractivity contribution in [2.45, 2.75) is 33.1 Å². The van der Waals surface area contributed by atoms with Crippen LogP contribution in [-0.4, -0.2) is 12.8 Å². The van der Waals surface area contributed by atoms with E-state index in [0.29, 0.717) is 0 Å². The first-order valence-electron chi connectivity index (χ1n) is 4.18. The van der Waals surface area contributed by atoms with Gasteiger partial charge in [-0.05, 0) is 31.1 Å². The monoisotopic (exact) mass is 139 g/mol. The van der Waals surface area contributed by atoms with Crippen LogP contribution < -0.4 is 0 Å². The number of hydrogen-bond donors (Lipinski definition) is 0.